The van der Waals surface area contributed by atoms with Crippen molar-refractivity contribution in [3.05, 3.63) is 18.0 Å². The molecule has 7 nitrogen and oxygen atoms in total. The molecular formula is C12H18N4O3. The highest BCUT2D eigenvalue weighted by atomic mass is 16.4. The third-order valence-corrected chi connectivity index (χ3v) is 3.45. The molecule has 1 amide bonds. The van der Waals surface area contributed by atoms with E-state index < -0.39 is 12.0 Å². The summed E-state index contributed by atoms with van der Waals surface area (Å²) in [6.45, 7) is 3.35. The van der Waals surface area contributed by atoms with Gasteiger partial charge in [0.25, 0.3) is 0 Å². The summed E-state index contributed by atoms with van der Waals surface area (Å²) in [4.78, 5) is 23.4. The second-order valence-corrected chi connectivity index (χ2v) is 4.97. The van der Waals surface area contributed by atoms with Crippen molar-refractivity contribution in [1.29, 1.82) is 0 Å². The molecule has 3 N–H and O–H groups in total. The van der Waals surface area contributed by atoms with E-state index in [-0.39, 0.29) is 17.7 Å². The van der Waals surface area contributed by atoms with Crippen LogP contribution in [0.5, 0.6) is 0 Å². The first-order valence-electron chi connectivity index (χ1n) is 6.21. The van der Waals surface area contributed by atoms with Crippen LogP contribution in [0.15, 0.2) is 12.4 Å². The molecule has 2 rings (SSSR count). The molecule has 1 aliphatic rings. The number of nitrogens with one attached hydrogen (secondary N) is 2. The standard InChI is InChI=1S/C12H18N4O3/c1-7-3-13-5-9(7)11(17)15-10(12(18)19)8-4-14-16(2)6-8/h4,6-7,9-10,13H,3,5H2,1-2H3,(H,15,17)(H,18,19)/t7-,9-,10?/m1/s1. The van der Waals surface area contributed by atoms with Gasteiger partial charge < -0.3 is 15.7 Å². The van der Waals surface area contributed by atoms with E-state index in [0.29, 0.717) is 12.1 Å². The van der Waals surface area contributed by atoms with Crippen molar-refractivity contribution in [2.45, 2.75) is 13.0 Å². The molecular weight excluding hydrogens is 248 g/mol. The molecule has 0 aliphatic carbocycles. The molecule has 0 radical (unpaired) electrons. The van der Waals surface area contributed by atoms with E-state index in [4.69, 9.17) is 0 Å². The minimum atomic E-state index is -1.08. The fraction of sp³-hybridized carbons (Fsp3) is 0.583. The van der Waals surface area contributed by atoms with E-state index in [2.05, 4.69) is 15.7 Å². The molecule has 0 aromatic carbocycles. The Morgan fingerprint density at radius 2 is 2.32 bits per heavy atom. The fourth-order valence-corrected chi connectivity index (χ4v) is 2.29. The van der Waals surface area contributed by atoms with Crippen molar-refractivity contribution in [3.8, 4) is 0 Å². The summed E-state index contributed by atoms with van der Waals surface area (Å²) in [7, 11) is 1.70. The Kier molecular flexibility index (Phi) is 3.84. The second kappa shape index (κ2) is 5.40. The number of hydrogen-bond donors (Lipinski definition) is 3. The molecule has 3 atom stereocenters. The Hall–Kier alpha value is -1.89. The first kappa shape index (κ1) is 13.5. The van der Waals surface area contributed by atoms with Gasteiger partial charge in [-0.1, -0.05) is 6.92 Å². The van der Waals surface area contributed by atoms with Crippen LogP contribution in [0.25, 0.3) is 0 Å². The third-order valence-electron chi connectivity index (χ3n) is 3.45. The zero-order valence-corrected chi connectivity index (χ0v) is 11.0. The quantitative estimate of drug-likeness (QED) is 0.684. The maximum Gasteiger partial charge on any atom is 0.331 e. The van der Waals surface area contributed by atoms with Crippen LogP contribution in [-0.2, 0) is 16.6 Å². The summed E-state index contributed by atoms with van der Waals surface area (Å²) in [6.07, 6.45) is 3.05. The highest BCUT2D eigenvalue weighted by Crippen LogP contribution is 2.19. The predicted molar refractivity (Wildman–Crippen MR) is 67.3 cm³/mol. The number of carboxylic acids is 1. The normalized spacial score (nSPS) is 24.1. The molecule has 104 valence electrons. The lowest BCUT2D eigenvalue weighted by Gasteiger charge is -2.18. The van der Waals surface area contributed by atoms with Gasteiger partial charge in [0.05, 0.1) is 12.1 Å². The maximum absolute atomic E-state index is 12.1. The van der Waals surface area contributed by atoms with E-state index in [1.807, 2.05) is 6.92 Å². The van der Waals surface area contributed by atoms with E-state index in [1.54, 1.807) is 13.2 Å². The van der Waals surface area contributed by atoms with Gasteiger partial charge in [-0.05, 0) is 12.5 Å². The summed E-state index contributed by atoms with van der Waals surface area (Å²) in [6, 6.07) is -1.05. The van der Waals surface area contributed by atoms with E-state index in [9.17, 15) is 14.7 Å². The van der Waals surface area contributed by atoms with Gasteiger partial charge in [-0.2, -0.15) is 5.10 Å². The number of carbonyl (C=O) groups excluding carboxylic acids is 1. The number of carbonyl (C=O) groups is 2. The summed E-state index contributed by atoms with van der Waals surface area (Å²) in [5.74, 6) is -1.28. The Balaban J connectivity index is 2.09. The average molecular weight is 266 g/mol. The predicted octanol–water partition coefficient (Wildman–Crippen LogP) is -0.482. The van der Waals surface area contributed by atoms with Gasteiger partial charge in [-0.3, -0.25) is 9.48 Å². The van der Waals surface area contributed by atoms with Crippen LogP contribution in [0.2, 0.25) is 0 Å². The SMILES string of the molecule is C[C@@H]1CNC[C@H]1C(=O)NC(C(=O)O)c1cnn(C)c1. The smallest absolute Gasteiger partial charge is 0.331 e. The second-order valence-electron chi connectivity index (χ2n) is 4.97. The summed E-state index contributed by atoms with van der Waals surface area (Å²) >= 11 is 0. The van der Waals surface area contributed by atoms with Crippen LogP contribution in [0, 0.1) is 11.8 Å². The zero-order chi connectivity index (χ0) is 14.0. The molecule has 1 aromatic heterocycles. The lowest BCUT2D eigenvalue weighted by molar-refractivity contribution is -0.142. The first-order valence-corrected chi connectivity index (χ1v) is 6.21. The molecule has 2 heterocycles. The summed E-state index contributed by atoms with van der Waals surface area (Å²) in [5, 5.41) is 18.9. The molecule has 1 unspecified atom stereocenters. The average Bonchev–Trinajstić information content (AvgIpc) is 2.94. The first-order chi connectivity index (χ1) is 8.99. The van der Waals surface area contributed by atoms with Crippen molar-refractivity contribution in [3.63, 3.8) is 0 Å². The molecule has 0 spiro atoms. The Morgan fingerprint density at radius 3 is 2.79 bits per heavy atom. The zero-order valence-electron chi connectivity index (χ0n) is 11.0. The van der Waals surface area contributed by atoms with Gasteiger partial charge in [0.15, 0.2) is 6.04 Å². The highest BCUT2D eigenvalue weighted by molar-refractivity contribution is 5.86. The molecule has 1 aliphatic heterocycles. The molecule has 0 bridgehead atoms. The van der Waals surface area contributed by atoms with Crippen molar-refractivity contribution in [2.24, 2.45) is 18.9 Å². The fourth-order valence-electron chi connectivity index (χ4n) is 2.29. The van der Waals surface area contributed by atoms with Crippen molar-refractivity contribution in [1.82, 2.24) is 20.4 Å². The third kappa shape index (κ3) is 2.93. The Labute approximate surface area is 111 Å². The van der Waals surface area contributed by atoms with Crippen LogP contribution < -0.4 is 10.6 Å². The van der Waals surface area contributed by atoms with Crippen molar-refractivity contribution < 1.29 is 14.7 Å². The van der Waals surface area contributed by atoms with E-state index in [0.717, 1.165) is 6.54 Å². The largest absolute Gasteiger partial charge is 0.479 e. The van der Waals surface area contributed by atoms with Crippen LogP contribution >= 0.6 is 0 Å². The van der Waals surface area contributed by atoms with Crippen LogP contribution in [0.3, 0.4) is 0 Å². The van der Waals surface area contributed by atoms with Gasteiger partial charge in [-0.15, -0.1) is 0 Å². The van der Waals surface area contributed by atoms with Gasteiger partial charge in [-0.25, -0.2) is 4.79 Å². The number of carboxylic acid groups (broad SMARTS) is 1. The lowest BCUT2D eigenvalue weighted by Crippen LogP contribution is -2.39. The lowest BCUT2D eigenvalue weighted by atomic mass is 9.96. The highest BCUT2D eigenvalue weighted by Gasteiger charge is 2.33. The maximum atomic E-state index is 12.1. The van der Waals surface area contributed by atoms with E-state index >= 15 is 0 Å². The molecule has 1 fully saturated rings. The Bertz CT molecular complexity index is 485. The van der Waals surface area contributed by atoms with Crippen LogP contribution in [0.4, 0.5) is 0 Å². The van der Waals surface area contributed by atoms with E-state index in [1.165, 1.54) is 10.9 Å². The minimum Gasteiger partial charge on any atom is -0.479 e. The molecule has 19 heavy (non-hydrogen) atoms. The topological polar surface area (TPSA) is 96.2 Å². The number of hydrogen-bond acceptors (Lipinski definition) is 4. The Morgan fingerprint density at radius 1 is 1.58 bits per heavy atom. The number of amides is 1. The molecule has 7 heteroatoms. The summed E-state index contributed by atoms with van der Waals surface area (Å²) in [5.41, 5.74) is 0.474. The van der Waals surface area contributed by atoms with Crippen molar-refractivity contribution >= 4 is 11.9 Å². The van der Waals surface area contributed by atoms with Gasteiger partial charge in [0.1, 0.15) is 0 Å². The number of nitrogens with zero attached hydrogens (tertiary/aromatic N) is 2. The molecule has 1 saturated heterocycles. The summed E-state index contributed by atoms with van der Waals surface area (Å²) < 4.78 is 1.51. The number of aliphatic carboxylic acids is 1. The minimum absolute atomic E-state index is 0.182. The monoisotopic (exact) mass is 266 g/mol. The van der Waals surface area contributed by atoms with Gasteiger partial charge >= 0.3 is 5.97 Å². The molecule has 1 aromatic rings. The number of aryl methyl sites for hydroxylation is 1. The number of aromatic nitrogens is 2. The number of rotatable bonds is 4. The van der Waals surface area contributed by atoms with Gasteiger partial charge in [0, 0.05) is 25.4 Å². The molecule has 0 saturated carbocycles. The van der Waals surface area contributed by atoms with Crippen molar-refractivity contribution in [2.75, 3.05) is 13.1 Å². The van der Waals surface area contributed by atoms with Crippen LogP contribution in [-0.4, -0.2) is 39.9 Å². The van der Waals surface area contributed by atoms with Gasteiger partial charge in [0.2, 0.25) is 5.91 Å². The van der Waals surface area contributed by atoms with Crippen LogP contribution in [0.1, 0.15) is 18.5 Å².